The number of nitrogens with zero attached hydrogens (tertiary/aromatic N) is 2. The van der Waals surface area contributed by atoms with E-state index in [4.69, 9.17) is 5.26 Å². The molecule has 1 aliphatic heterocycles. The van der Waals surface area contributed by atoms with Gasteiger partial charge in [-0.3, -0.25) is 10.1 Å². The van der Waals surface area contributed by atoms with E-state index in [1.165, 1.54) is 6.07 Å². The lowest BCUT2D eigenvalue weighted by atomic mass is 9.92. The summed E-state index contributed by atoms with van der Waals surface area (Å²) >= 11 is 0. The van der Waals surface area contributed by atoms with Crippen LogP contribution in [0.25, 0.3) is 0 Å². The van der Waals surface area contributed by atoms with E-state index in [0.29, 0.717) is 6.42 Å². The van der Waals surface area contributed by atoms with Crippen LogP contribution in [0.3, 0.4) is 0 Å². The van der Waals surface area contributed by atoms with Crippen molar-refractivity contribution in [3.8, 4) is 6.07 Å². The molecule has 0 amide bonds. The Bertz CT molecular complexity index is 465. The highest BCUT2D eigenvalue weighted by molar-refractivity contribution is 5.43. The number of hydrogen-bond acceptors (Lipinski definition) is 4. The molecule has 1 aliphatic rings. The number of non-ortho nitro benzene ring substituents is 1. The number of benzene rings is 1. The predicted molar refractivity (Wildman–Crippen MR) is 57.8 cm³/mol. The first-order valence-electron chi connectivity index (χ1n) is 5.10. The standard InChI is InChI=1S/C11H11N3O2/c12-5-3-11-10-7-9(14(15)16)2-1-8(10)4-6-13-11/h1-2,7,11,13H,3-4,6H2. The zero-order valence-corrected chi connectivity index (χ0v) is 8.64. The Hall–Kier alpha value is -1.93. The van der Waals surface area contributed by atoms with Crippen LogP contribution in [0.4, 0.5) is 5.69 Å². The third-order valence-electron chi connectivity index (χ3n) is 2.80. The molecule has 16 heavy (non-hydrogen) atoms. The van der Waals surface area contributed by atoms with Crippen molar-refractivity contribution in [2.45, 2.75) is 18.9 Å². The molecular weight excluding hydrogens is 206 g/mol. The molecule has 0 fully saturated rings. The zero-order valence-electron chi connectivity index (χ0n) is 8.64. The van der Waals surface area contributed by atoms with E-state index < -0.39 is 4.92 Å². The highest BCUT2D eigenvalue weighted by Crippen LogP contribution is 2.28. The molecule has 1 N–H and O–H groups in total. The quantitative estimate of drug-likeness (QED) is 0.604. The SMILES string of the molecule is N#CCC1NCCc2ccc([N+](=O)[O-])cc21. The topological polar surface area (TPSA) is 79.0 Å². The van der Waals surface area contributed by atoms with Crippen LogP contribution >= 0.6 is 0 Å². The summed E-state index contributed by atoms with van der Waals surface area (Å²) in [4.78, 5) is 10.3. The van der Waals surface area contributed by atoms with Gasteiger partial charge in [0.1, 0.15) is 0 Å². The summed E-state index contributed by atoms with van der Waals surface area (Å²) in [6, 6.07) is 6.90. The van der Waals surface area contributed by atoms with Crippen LogP contribution in [0.15, 0.2) is 18.2 Å². The van der Waals surface area contributed by atoms with Gasteiger partial charge in [-0.25, -0.2) is 0 Å². The third kappa shape index (κ3) is 1.88. The van der Waals surface area contributed by atoms with Crippen LogP contribution in [-0.4, -0.2) is 11.5 Å². The molecule has 1 atom stereocenters. The normalized spacial score (nSPS) is 18.6. The summed E-state index contributed by atoms with van der Waals surface area (Å²) in [5, 5.41) is 22.6. The molecule has 1 aromatic rings. The Morgan fingerprint density at radius 1 is 1.62 bits per heavy atom. The van der Waals surface area contributed by atoms with E-state index >= 15 is 0 Å². The van der Waals surface area contributed by atoms with Crippen molar-refractivity contribution in [1.82, 2.24) is 5.32 Å². The fraction of sp³-hybridized carbons (Fsp3) is 0.364. The van der Waals surface area contributed by atoms with Crippen LogP contribution in [0.5, 0.6) is 0 Å². The Labute approximate surface area is 92.8 Å². The number of nitro benzene ring substituents is 1. The van der Waals surface area contributed by atoms with Gasteiger partial charge in [-0.15, -0.1) is 0 Å². The van der Waals surface area contributed by atoms with Gasteiger partial charge in [-0.05, 0) is 24.1 Å². The second-order valence-electron chi connectivity index (χ2n) is 3.76. The van der Waals surface area contributed by atoms with Gasteiger partial charge in [0.25, 0.3) is 5.69 Å². The maximum absolute atomic E-state index is 10.7. The molecule has 0 aromatic heterocycles. The average Bonchev–Trinajstić information content (AvgIpc) is 2.29. The van der Waals surface area contributed by atoms with Crippen molar-refractivity contribution in [2.24, 2.45) is 0 Å². The van der Waals surface area contributed by atoms with Crippen molar-refractivity contribution in [2.75, 3.05) is 6.54 Å². The number of rotatable bonds is 2. The van der Waals surface area contributed by atoms with Crippen LogP contribution in [0.1, 0.15) is 23.6 Å². The van der Waals surface area contributed by atoms with Gasteiger partial charge in [0.15, 0.2) is 0 Å². The first-order chi connectivity index (χ1) is 7.72. The van der Waals surface area contributed by atoms with E-state index in [-0.39, 0.29) is 11.7 Å². The lowest BCUT2D eigenvalue weighted by molar-refractivity contribution is -0.385. The summed E-state index contributed by atoms with van der Waals surface area (Å²) < 4.78 is 0. The molecule has 82 valence electrons. The molecule has 0 saturated carbocycles. The maximum atomic E-state index is 10.7. The molecule has 0 spiro atoms. The van der Waals surface area contributed by atoms with Gasteiger partial charge in [0.2, 0.25) is 0 Å². The fourth-order valence-electron chi connectivity index (χ4n) is 2.01. The van der Waals surface area contributed by atoms with Crippen LogP contribution in [0.2, 0.25) is 0 Å². The molecule has 0 saturated heterocycles. The molecule has 5 heteroatoms. The summed E-state index contributed by atoms with van der Waals surface area (Å²) in [6.07, 6.45) is 1.20. The second kappa shape index (κ2) is 4.29. The number of nitriles is 1. The van der Waals surface area contributed by atoms with Gasteiger partial charge < -0.3 is 5.32 Å². The number of fused-ring (bicyclic) bond motifs is 1. The Kier molecular flexibility index (Phi) is 2.84. The van der Waals surface area contributed by atoms with Crippen LogP contribution in [-0.2, 0) is 6.42 Å². The molecular formula is C11H11N3O2. The second-order valence-corrected chi connectivity index (χ2v) is 3.76. The first-order valence-corrected chi connectivity index (χ1v) is 5.10. The lowest BCUT2D eigenvalue weighted by Crippen LogP contribution is -2.29. The van der Waals surface area contributed by atoms with Gasteiger partial charge in [-0.2, -0.15) is 5.26 Å². The molecule has 5 nitrogen and oxygen atoms in total. The van der Waals surface area contributed by atoms with Crippen LogP contribution < -0.4 is 5.32 Å². The molecule has 1 unspecified atom stereocenters. The Morgan fingerprint density at radius 2 is 2.44 bits per heavy atom. The average molecular weight is 217 g/mol. The Morgan fingerprint density at radius 3 is 3.12 bits per heavy atom. The Balaban J connectivity index is 2.41. The number of nitrogens with one attached hydrogen (secondary N) is 1. The van der Waals surface area contributed by atoms with Crippen molar-refractivity contribution in [1.29, 1.82) is 5.26 Å². The van der Waals surface area contributed by atoms with Gasteiger partial charge in [-0.1, -0.05) is 6.07 Å². The van der Waals surface area contributed by atoms with E-state index in [1.807, 2.05) is 0 Å². The van der Waals surface area contributed by atoms with E-state index in [2.05, 4.69) is 11.4 Å². The highest BCUT2D eigenvalue weighted by Gasteiger charge is 2.21. The van der Waals surface area contributed by atoms with E-state index in [1.54, 1.807) is 12.1 Å². The van der Waals surface area contributed by atoms with Crippen molar-refractivity contribution >= 4 is 5.69 Å². The zero-order chi connectivity index (χ0) is 11.5. The minimum Gasteiger partial charge on any atom is -0.309 e. The third-order valence-corrected chi connectivity index (χ3v) is 2.80. The highest BCUT2D eigenvalue weighted by atomic mass is 16.6. The summed E-state index contributed by atoms with van der Waals surface area (Å²) in [7, 11) is 0. The molecule has 0 aliphatic carbocycles. The smallest absolute Gasteiger partial charge is 0.269 e. The summed E-state index contributed by atoms with van der Waals surface area (Å²) in [5.74, 6) is 0. The predicted octanol–water partition coefficient (Wildman–Crippen LogP) is 1.70. The number of nitro groups is 1. The largest absolute Gasteiger partial charge is 0.309 e. The van der Waals surface area contributed by atoms with Crippen LogP contribution in [0, 0.1) is 21.4 Å². The van der Waals surface area contributed by atoms with Crippen molar-refractivity contribution < 1.29 is 4.92 Å². The first kappa shape index (κ1) is 10.6. The lowest BCUT2D eigenvalue weighted by Gasteiger charge is -2.24. The molecule has 1 heterocycles. The van der Waals surface area contributed by atoms with E-state index in [9.17, 15) is 10.1 Å². The van der Waals surface area contributed by atoms with E-state index in [0.717, 1.165) is 24.1 Å². The molecule has 1 aromatic carbocycles. The minimum atomic E-state index is -0.404. The van der Waals surface area contributed by atoms with Gasteiger partial charge in [0.05, 0.1) is 17.4 Å². The summed E-state index contributed by atoms with van der Waals surface area (Å²) in [6.45, 7) is 0.817. The van der Waals surface area contributed by atoms with Crippen molar-refractivity contribution in [3.05, 3.63) is 39.4 Å². The monoisotopic (exact) mass is 217 g/mol. The number of hydrogen-bond donors (Lipinski definition) is 1. The maximum Gasteiger partial charge on any atom is 0.269 e. The minimum absolute atomic E-state index is 0.0753. The van der Waals surface area contributed by atoms with Gasteiger partial charge >= 0.3 is 0 Å². The molecule has 0 bridgehead atoms. The van der Waals surface area contributed by atoms with Crippen molar-refractivity contribution in [3.63, 3.8) is 0 Å². The van der Waals surface area contributed by atoms with Gasteiger partial charge in [0, 0.05) is 18.2 Å². The fourth-order valence-corrected chi connectivity index (χ4v) is 2.01. The summed E-state index contributed by atoms with van der Waals surface area (Å²) in [5.41, 5.74) is 2.08. The molecule has 0 radical (unpaired) electrons. The molecule has 2 rings (SSSR count).